The summed E-state index contributed by atoms with van der Waals surface area (Å²) < 4.78 is 0. The molecule has 5 heteroatoms. The number of unbranched alkanes of at least 4 members (excludes halogenated alkanes) is 1. The summed E-state index contributed by atoms with van der Waals surface area (Å²) in [5.74, 6) is -2.36. The molecule has 0 heterocycles. The second kappa shape index (κ2) is 10.6. The largest absolute Gasteiger partial charge is 0.389 e. The maximum absolute atomic E-state index is 12.4. The molecule has 0 radical (unpaired) electrons. The molecule has 1 atom stereocenters. The van der Waals surface area contributed by atoms with Crippen molar-refractivity contribution in [3.8, 4) is 11.1 Å². The van der Waals surface area contributed by atoms with Crippen molar-refractivity contribution in [3.63, 3.8) is 0 Å². The molecule has 2 aromatic rings. The smallest absolute Gasteiger partial charge is 0.169 e. The van der Waals surface area contributed by atoms with Gasteiger partial charge in [-0.15, -0.1) is 0 Å². The summed E-state index contributed by atoms with van der Waals surface area (Å²) >= 11 is 0. The fraction of sp³-hybridized carbons (Fsp3) is 0.333. The minimum atomic E-state index is -1.11. The van der Waals surface area contributed by atoms with Gasteiger partial charge in [-0.3, -0.25) is 19.2 Å². The molecule has 2 rings (SSSR count). The SMILES string of the molecule is CCCCC(=O)c1ccc(-c2ccc(C(=O)CC(C(C)=O)C(=O)CO)cc2)cc1. The first-order valence-electron chi connectivity index (χ1n) is 9.78. The normalized spacial score (nSPS) is 11.7. The molecule has 0 spiro atoms. The summed E-state index contributed by atoms with van der Waals surface area (Å²) in [6.07, 6.45) is 2.16. The average Bonchev–Trinajstić information content (AvgIpc) is 2.75. The number of aliphatic hydroxyl groups excluding tert-OH is 1. The van der Waals surface area contributed by atoms with Crippen LogP contribution in [-0.2, 0) is 9.59 Å². The molecule has 0 saturated heterocycles. The highest BCUT2D eigenvalue weighted by atomic mass is 16.3. The van der Waals surface area contributed by atoms with Gasteiger partial charge < -0.3 is 5.11 Å². The number of hydrogen-bond acceptors (Lipinski definition) is 5. The first-order valence-corrected chi connectivity index (χ1v) is 9.78. The lowest BCUT2D eigenvalue weighted by Gasteiger charge is -2.11. The van der Waals surface area contributed by atoms with Crippen LogP contribution < -0.4 is 0 Å². The van der Waals surface area contributed by atoms with Crippen LogP contribution in [0.1, 0.15) is 60.2 Å². The highest BCUT2D eigenvalue weighted by molar-refractivity contribution is 6.08. The number of hydrogen-bond donors (Lipinski definition) is 1. The van der Waals surface area contributed by atoms with Gasteiger partial charge in [0.2, 0.25) is 0 Å². The van der Waals surface area contributed by atoms with E-state index in [9.17, 15) is 19.2 Å². The number of Topliss-reactive ketones (excluding diaryl/α,β-unsaturated/α-hetero) is 4. The van der Waals surface area contributed by atoms with E-state index in [1.807, 2.05) is 24.3 Å². The molecule has 0 amide bonds. The number of carbonyl (C=O) groups excluding carboxylic acids is 4. The molecule has 0 bridgehead atoms. The van der Waals surface area contributed by atoms with Gasteiger partial charge in [0.1, 0.15) is 12.4 Å². The number of aliphatic hydroxyl groups is 1. The second-order valence-corrected chi connectivity index (χ2v) is 7.10. The lowest BCUT2D eigenvalue weighted by atomic mass is 9.91. The van der Waals surface area contributed by atoms with Crippen LogP contribution in [0.5, 0.6) is 0 Å². The Balaban J connectivity index is 2.09. The van der Waals surface area contributed by atoms with Gasteiger partial charge >= 0.3 is 0 Å². The van der Waals surface area contributed by atoms with Crippen LogP contribution in [0.3, 0.4) is 0 Å². The van der Waals surface area contributed by atoms with Crippen molar-refractivity contribution in [2.75, 3.05) is 6.61 Å². The molecule has 152 valence electrons. The third-order valence-corrected chi connectivity index (χ3v) is 4.93. The Bertz CT molecular complexity index is 878. The zero-order chi connectivity index (χ0) is 21.4. The van der Waals surface area contributed by atoms with Gasteiger partial charge in [0.15, 0.2) is 17.3 Å². The maximum Gasteiger partial charge on any atom is 0.169 e. The van der Waals surface area contributed by atoms with E-state index >= 15 is 0 Å². The maximum atomic E-state index is 12.4. The van der Waals surface area contributed by atoms with Gasteiger partial charge in [-0.05, 0) is 24.5 Å². The fourth-order valence-electron chi connectivity index (χ4n) is 3.08. The van der Waals surface area contributed by atoms with E-state index in [0.29, 0.717) is 17.5 Å². The van der Waals surface area contributed by atoms with Gasteiger partial charge in [-0.25, -0.2) is 0 Å². The van der Waals surface area contributed by atoms with Crippen LogP contribution in [0.4, 0.5) is 0 Å². The molecule has 0 aliphatic heterocycles. The molecule has 0 fully saturated rings. The zero-order valence-corrected chi connectivity index (χ0v) is 16.8. The summed E-state index contributed by atoms with van der Waals surface area (Å²) in [4.78, 5) is 47.7. The number of rotatable bonds is 11. The number of ketones is 4. The van der Waals surface area contributed by atoms with E-state index in [0.717, 1.165) is 24.0 Å². The zero-order valence-electron chi connectivity index (χ0n) is 16.8. The van der Waals surface area contributed by atoms with Crippen LogP contribution >= 0.6 is 0 Å². The lowest BCUT2D eigenvalue weighted by molar-refractivity contribution is -0.133. The molecule has 0 saturated carbocycles. The predicted octanol–water partition coefficient (Wildman–Crippen LogP) is 4.07. The second-order valence-electron chi connectivity index (χ2n) is 7.10. The molecule has 29 heavy (non-hydrogen) atoms. The van der Waals surface area contributed by atoms with Gasteiger partial charge in [-0.1, -0.05) is 61.9 Å². The van der Waals surface area contributed by atoms with Gasteiger partial charge in [0.25, 0.3) is 0 Å². The number of benzene rings is 2. The van der Waals surface area contributed by atoms with Crippen LogP contribution in [-0.4, -0.2) is 34.8 Å². The van der Waals surface area contributed by atoms with Crippen LogP contribution in [0.15, 0.2) is 48.5 Å². The number of carbonyl (C=O) groups is 4. The van der Waals surface area contributed by atoms with E-state index in [-0.39, 0.29) is 18.0 Å². The highest BCUT2D eigenvalue weighted by Crippen LogP contribution is 2.22. The van der Waals surface area contributed by atoms with Crippen molar-refractivity contribution in [1.82, 2.24) is 0 Å². The Kier molecular flexibility index (Phi) is 8.16. The van der Waals surface area contributed by atoms with Gasteiger partial charge in [0, 0.05) is 24.0 Å². The van der Waals surface area contributed by atoms with Crippen molar-refractivity contribution in [2.45, 2.75) is 39.5 Å². The minimum Gasteiger partial charge on any atom is -0.389 e. The molecule has 0 aliphatic rings. The quantitative estimate of drug-likeness (QED) is 0.458. The van der Waals surface area contributed by atoms with E-state index < -0.39 is 24.1 Å². The molecule has 0 aromatic heterocycles. The summed E-state index contributed by atoms with van der Waals surface area (Å²) in [6.45, 7) is 2.54. The fourth-order valence-corrected chi connectivity index (χ4v) is 3.08. The average molecular weight is 394 g/mol. The van der Waals surface area contributed by atoms with Crippen LogP contribution in [0.25, 0.3) is 11.1 Å². The van der Waals surface area contributed by atoms with Crippen LogP contribution in [0.2, 0.25) is 0 Å². The molecule has 1 N–H and O–H groups in total. The van der Waals surface area contributed by atoms with E-state index in [1.165, 1.54) is 6.92 Å². The summed E-state index contributed by atoms with van der Waals surface area (Å²) in [7, 11) is 0. The van der Waals surface area contributed by atoms with Crippen LogP contribution in [0, 0.1) is 5.92 Å². The summed E-state index contributed by atoms with van der Waals surface area (Å²) in [6, 6.07) is 14.3. The highest BCUT2D eigenvalue weighted by Gasteiger charge is 2.25. The van der Waals surface area contributed by atoms with Crippen molar-refractivity contribution < 1.29 is 24.3 Å². The topological polar surface area (TPSA) is 88.5 Å². The first-order chi connectivity index (χ1) is 13.9. The summed E-state index contributed by atoms with van der Waals surface area (Å²) in [5, 5.41) is 8.96. The Morgan fingerprint density at radius 2 is 1.31 bits per heavy atom. The monoisotopic (exact) mass is 394 g/mol. The van der Waals surface area contributed by atoms with E-state index in [2.05, 4.69) is 6.92 Å². The van der Waals surface area contributed by atoms with E-state index in [4.69, 9.17) is 5.11 Å². The molecule has 2 aromatic carbocycles. The van der Waals surface area contributed by atoms with E-state index in [1.54, 1.807) is 24.3 Å². The van der Waals surface area contributed by atoms with Crippen molar-refractivity contribution in [3.05, 3.63) is 59.7 Å². The van der Waals surface area contributed by atoms with Gasteiger partial charge in [0.05, 0.1) is 5.92 Å². The third kappa shape index (κ3) is 6.03. The molecule has 1 unspecified atom stereocenters. The molecular weight excluding hydrogens is 368 g/mol. The Morgan fingerprint density at radius 3 is 1.72 bits per heavy atom. The predicted molar refractivity (Wildman–Crippen MR) is 111 cm³/mol. The van der Waals surface area contributed by atoms with Crippen molar-refractivity contribution in [1.29, 1.82) is 0 Å². The Hall–Kier alpha value is -2.92. The van der Waals surface area contributed by atoms with Gasteiger partial charge in [-0.2, -0.15) is 0 Å². The van der Waals surface area contributed by atoms with Crippen molar-refractivity contribution in [2.24, 2.45) is 5.92 Å². The lowest BCUT2D eigenvalue weighted by Crippen LogP contribution is -2.27. The minimum absolute atomic E-state index is 0.136. The Labute approximate surface area is 170 Å². The first kappa shape index (κ1) is 22.4. The summed E-state index contributed by atoms with van der Waals surface area (Å²) in [5.41, 5.74) is 2.91. The van der Waals surface area contributed by atoms with Crippen molar-refractivity contribution >= 4 is 23.1 Å². The molecule has 5 nitrogen and oxygen atoms in total. The molecule has 0 aliphatic carbocycles. The third-order valence-electron chi connectivity index (χ3n) is 4.93. The Morgan fingerprint density at radius 1 is 0.828 bits per heavy atom. The standard InChI is InChI=1S/C24H26O5/c1-3-4-5-22(27)19-10-6-17(7-11-19)18-8-12-20(13-9-18)23(28)14-21(16(2)26)24(29)15-25/h6-13,21,25H,3-5,14-15H2,1-2H3. The molecular formula is C24H26O5.